The second-order valence-corrected chi connectivity index (χ2v) is 5.75. The lowest BCUT2D eigenvalue weighted by Crippen LogP contribution is -2.16. The van der Waals surface area contributed by atoms with Crippen LogP contribution in [0, 0.1) is 0 Å². The van der Waals surface area contributed by atoms with Crippen molar-refractivity contribution in [3.8, 4) is 22.6 Å². The van der Waals surface area contributed by atoms with Gasteiger partial charge in [0.25, 0.3) is 0 Å². The molecule has 0 unspecified atom stereocenters. The highest BCUT2D eigenvalue weighted by atomic mass is 19.4. The first-order valence-corrected chi connectivity index (χ1v) is 7.99. The molecule has 0 aromatic heterocycles. The van der Waals surface area contributed by atoms with Crippen LogP contribution in [-0.2, 0) is 0 Å². The van der Waals surface area contributed by atoms with E-state index in [0.29, 0.717) is 16.9 Å². The molecule has 3 nitrogen and oxygen atoms in total. The Labute approximate surface area is 151 Å². The summed E-state index contributed by atoms with van der Waals surface area (Å²) in [7, 11) is 0. The largest absolute Gasteiger partial charge is 0.573 e. The van der Waals surface area contributed by atoms with Gasteiger partial charge in [0.1, 0.15) is 11.5 Å². The minimum Gasteiger partial charge on any atom is -0.491 e. The van der Waals surface area contributed by atoms with E-state index in [-0.39, 0.29) is 30.9 Å². The standard InChI is InChI=1S/C18H17F6NO2/c19-17(20,21)9-1-2-10-26-16-8-5-13(11-15(16)25)12-3-6-14(7-4-12)27-18(22,23)24/h3-8,11H,1-2,9-10,25H2. The molecule has 0 heterocycles. The molecule has 0 radical (unpaired) electrons. The van der Waals surface area contributed by atoms with Gasteiger partial charge < -0.3 is 15.2 Å². The van der Waals surface area contributed by atoms with Gasteiger partial charge in [0.05, 0.1) is 12.3 Å². The van der Waals surface area contributed by atoms with Gasteiger partial charge >= 0.3 is 12.5 Å². The Bertz CT molecular complexity index is 741. The van der Waals surface area contributed by atoms with Gasteiger partial charge in [-0.1, -0.05) is 18.2 Å². The first-order valence-electron chi connectivity index (χ1n) is 7.99. The highest BCUT2D eigenvalue weighted by Crippen LogP contribution is 2.31. The summed E-state index contributed by atoms with van der Waals surface area (Å²) in [6.45, 7) is 0.100. The quantitative estimate of drug-likeness (QED) is 0.359. The molecule has 0 saturated carbocycles. The smallest absolute Gasteiger partial charge is 0.491 e. The van der Waals surface area contributed by atoms with Crippen molar-refractivity contribution in [3.63, 3.8) is 0 Å². The summed E-state index contributed by atoms with van der Waals surface area (Å²) in [6.07, 6.45) is -9.60. The number of anilines is 1. The number of rotatable bonds is 7. The fraction of sp³-hybridized carbons (Fsp3) is 0.333. The van der Waals surface area contributed by atoms with Crippen molar-refractivity contribution in [2.24, 2.45) is 0 Å². The lowest BCUT2D eigenvalue weighted by atomic mass is 10.0. The minimum atomic E-state index is -4.76. The van der Waals surface area contributed by atoms with Gasteiger partial charge in [-0.05, 0) is 48.2 Å². The Hall–Kier alpha value is -2.58. The molecule has 0 bridgehead atoms. The molecule has 0 aliphatic carbocycles. The molecular formula is C18H17F6NO2. The highest BCUT2D eigenvalue weighted by molar-refractivity contribution is 5.71. The molecule has 148 valence electrons. The van der Waals surface area contributed by atoms with Crippen LogP contribution >= 0.6 is 0 Å². The molecule has 9 heteroatoms. The first-order chi connectivity index (χ1) is 12.5. The Morgan fingerprint density at radius 1 is 0.815 bits per heavy atom. The van der Waals surface area contributed by atoms with Crippen LogP contribution in [-0.4, -0.2) is 19.1 Å². The summed E-state index contributed by atoms with van der Waals surface area (Å²) in [5, 5.41) is 0. The fourth-order valence-corrected chi connectivity index (χ4v) is 2.32. The Kier molecular flexibility index (Phi) is 6.45. The zero-order chi connectivity index (χ0) is 20.1. The van der Waals surface area contributed by atoms with Gasteiger partial charge in [0.15, 0.2) is 0 Å². The van der Waals surface area contributed by atoms with E-state index in [0.717, 1.165) is 0 Å². The van der Waals surface area contributed by atoms with E-state index >= 15 is 0 Å². The zero-order valence-corrected chi connectivity index (χ0v) is 14.0. The van der Waals surface area contributed by atoms with Crippen LogP contribution in [0.1, 0.15) is 19.3 Å². The topological polar surface area (TPSA) is 44.5 Å². The van der Waals surface area contributed by atoms with Gasteiger partial charge in [-0.2, -0.15) is 13.2 Å². The summed E-state index contributed by atoms with van der Waals surface area (Å²) in [6, 6.07) is 10.1. The van der Waals surface area contributed by atoms with Crippen molar-refractivity contribution in [2.45, 2.75) is 31.8 Å². The SMILES string of the molecule is Nc1cc(-c2ccc(OC(F)(F)F)cc2)ccc1OCCCCC(F)(F)F. The summed E-state index contributed by atoms with van der Waals surface area (Å²) >= 11 is 0. The number of alkyl halides is 6. The third-order valence-corrected chi connectivity index (χ3v) is 3.54. The second kappa shape index (κ2) is 8.41. The van der Waals surface area contributed by atoms with Crippen molar-refractivity contribution in [1.82, 2.24) is 0 Å². The van der Waals surface area contributed by atoms with Gasteiger partial charge in [-0.15, -0.1) is 13.2 Å². The van der Waals surface area contributed by atoms with E-state index in [1.807, 2.05) is 0 Å². The van der Waals surface area contributed by atoms with Gasteiger partial charge in [-0.25, -0.2) is 0 Å². The molecule has 0 spiro atoms. The number of halogens is 6. The van der Waals surface area contributed by atoms with Crippen molar-refractivity contribution >= 4 is 5.69 Å². The molecule has 2 rings (SSSR count). The van der Waals surface area contributed by atoms with Crippen LogP contribution in [0.15, 0.2) is 42.5 Å². The fourth-order valence-electron chi connectivity index (χ4n) is 2.32. The van der Waals surface area contributed by atoms with E-state index < -0.39 is 19.0 Å². The number of ether oxygens (including phenoxy) is 2. The number of hydrogen-bond acceptors (Lipinski definition) is 3. The molecule has 2 N–H and O–H groups in total. The van der Waals surface area contributed by atoms with Crippen molar-refractivity contribution in [2.75, 3.05) is 12.3 Å². The monoisotopic (exact) mass is 393 g/mol. The summed E-state index contributed by atoms with van der Waals surface area (Å²) in [5.41, 5.74) is 7.42. The van der Waals surface area contributed by atoms with Crippen LogP contribution in [0.5, 0.6) is 11.5 Å². The Morgan fingerprint density at radius 3 is 2.00 bits per heavy atom. The Balaban J connectivity index is 1.94. The molecular weight excluding hydrogens is 376 g/mol. The molecule has 0 amide bonds. The number of hydrogen-bond donors (Lipinski definition) is 1. The van der Waals surface area contributed by atoms with Crippen LogP contribution in [0.25, 0.3) is 11.1 Å². The predicted octanol–water partition coefficient (Wildman–Crippen LogP) is 5.95. The Morgan fingerprint density at radius 2 is 1.44 bits per heavy atom. The number of unbranched alkanes of at least 4 members (excludes halogenated alkanes) is 1. The maximum Gasteiger partial charge on any atom is 0.573 e. The maximum absolute atomic E-state index is 12.2. The van der Waals surface area contributed by atoms with Crippen LogP contribution in [0.4, 0.5) is 32.0 Å². The minimum absolute atomic E-state index is 0.0339. The van der Waals surface area contributed by atoms with Gasteiger partial charge in [0, 0.05) is 6.42 Å². The van der Waals surface area contributed by atoms with Gasteiger partial charge in [0.2, 0.25) is 0 Å². The van der Waals surface area contributed by atoms with Crippen LogP contribution in [0.2, 0.25) is 0 Å². The molecule has 27 heavy (non-hydrogen) atoms. The van der Waals surface area contributed by atoms with Gasteiger partial charge in [-0.3, -0.25) is 0 Å². The molecule has 0 atom stereocenters. The molecule has 0 aliphatic heterocycles. The second-order valence-electron chi connectivity index (χ2n) is 5.75. The summed E-state index contributed by atoms with van der Waals surface area (Å²) in [5.74, 6) is 0.000755. The zero-order valence-electron chi connectivity index (χ0n) is 14.0. The van der Waals surface area contributed by atoms with E-state index in [1.165, 1.54) is 24.3 Å². The predicted molar refractivity (Wildman–Crippen MR) is 88.4 cm³/mol. The number of nitrogens with two attached hydrogens (primary N) is 1. The molecule has 2 aromatic rings. The average Bonchev–Trinajstić information content (AvgIpc) is 2.54. The van der Waals surface area contributed by atoms with E-state index in [9.17, 15) is 26.3 Å². The number of benzene rings is 2. The lowest BCUT2D eigenvalue weighted by Gasteiger charge is -2.12. The van der Waals surface area contributed by atoms with Crippen LogP contribution < -0.4 is 15.2 Å². The van der Waals surface area contributed by atoms with Crippen molar-refractivity contribution < 1.29 is 35.8 Å². The maximum atomic E-state index is 12.2. The lowest BCUT2D eigenvalue weighted by molar-refractivity contribution is -0.274. The number of nitrogen functional groups attached to an aromatic ring is 1. The molecule has 2 aromatic carbocycles. The molecule has 0 aliphatic rings. The van der Waals surface area contributed by atoms with E-state index in [1.54, 1.807) is 18.2 Å². The molecule has 0 saturated heterocycles. The van der Waals surface area contributed by atoms with E-state index in [4.69, 9.17) is 10.5 Å². The average molecular weight is 393 g/mol. The molecule has 0 fully saturated rings. The third kappa shape index (κ3) is 7.28. The normalized spacial score (nSPS) is 12.1. The van der Waals surface area contributed by atoms with Crippen LogP contribution in [0.3, 0.4) is 0 Å². The van der Waals surface area contributed by atoms with E-state index in [2.05, 4.69) is 4.74 Å². The van der Waals surface area contributed by atoms with Crippen molar-refractivity contribution in [1.29, 1.82) is 0 Å². The first kappa shape index (κ1) is 20.7. The highest BCUT2D eigenvalue weighted by Gasteiger charge is 2.31. The summed E-state index contributed by atoms with van der Waals surface area (Å²) < 4.78 is 81.8. The van der Waals surface area contributed by atoms with Crippen molar-refractivity contribution in [3.05, 3.63) is 42.5 Å². The third-order valence-electron chi connectivity index (χ3n) is 3.54. The summed E-state index contributed by atoms with van der Waals surface area (Å²) in [4.78, 5) is 0.